The van der Waals surface area contributed by atoms with Crippen LogP contribution in [-0.2, 0) is 18.6 Å². The maximum Gasteiger partial charge on any atom is 0.494 e. The van der Waals surface area contributed by atoms with Crippen LogP contribution < -0.4 is 10.9 Å². The van der Waals surface area contributed by atoms with Crippen molar-refractivity contribution in [1.82, 2.24) is 4.57 Å². The third-order valence-corrected chi connectivity index (χ3v) is 12.8. The molecule has 4 aromatic rings. The minimum absolute atomic E-state index is 0.393. The number of hydrogen-bond acceptors (Lipinski definition) is 4. The molecule has 2 aliphatic rings. The summed E-state index contributed by atoms with van der Waals surface area (Å²) in [4.78, 5) is 0. The van der Waals surface area contributed by atoms with Gasteiger partial charge in [-0.2, -0.15) is 0 Å². The molecule has 0 N–H and O–H groups in total. The fourth-order valence-corrected chi connectivity index (χ4v) is 8.19. The first-order valence-electron chi connectivity index (χ1n) is 20.2. The molecule has 3 aromatic carbocycles. The Morgan fingerprint density at radius 1 is 0.500 bits per heavy atom. The summed E-state index contributed by atoms with van der Waals surface area (Å²) in [6.45, 7) is 21.8. The third kappa shape index (κ3) is 7.28. The molecule has 2 aliphatic heterocycles. The molecule has 1 aromatic heterocycles. The summed E-state index contributed by atoms with van der Waals surface area (Å²) in [6.07, 6.45) is 18.2. The van der Waals surface area contributed by atoms with Crippen molar-refractivity contribution in [3.05, 3.63) is 36.4 Å². The molecule has 6 rings (SSSR count). The van der Waals surface area contributed by atoms with E-state index in [-0.39, 0.29) is 0 Å². The number of rotatable bonds is 17. The van der Waals surface area contributed by atoms with Crippen LogP contribution >= 0.6 is 0 Å². The topological polar surface area (TPSA) is 41.9 Å². The Bertz CT molecular complexity index is 1580. The molecule has 0 saturated carbocycles. The van der Waals surface area contributed by atoms with E-state index in [2.05, 4.69) is 110 Å². The minimum Gasteiger partial charge on any atom is -0.399 e. The van der Waals surface area contributed by atoms with Gasteiger partial charge in [0, 0.05) is 27.8 Å². The molecule has 2 fully saturated rings. The van der Waals surface area contributed by atoms with Gasteiger partial charge < -0.3 is 23.2 Å². The van der Waals surface area contributed by atoms with Crippen LogP contribution in [0.3, 0.4) is 0 Å². The average molecular weight is 682 g/mol. The van der Waals surface area contributed by atoms with E-state index in [1.165, 1.54) is 122 Å². The Hall–Kier alpha value is -2.05. The summed E-state index contributed by atoms with van der Waals surface area (Å²) in [6, 6.07) is 14.4. The zero-order chi connectivity index (χ0) is 35.9. The van der Waals surface area contributed by atoms with Crippen molar-refractivity contribution in [2.75, 3.05) is 0 Å². The molecule has 0 bridgehead atoms. The van der Waals surface area contributed by atoms with E-state index in [0.29, 0.717) is 6.04 Å². The number of unbranched alkanes of at least 4 members (excludes halogenated alkanes) is 10. The zero-order valence-corrected chi connectivity index (χ0v) is 33.2. The molecule has 50 heavy (non-hydrogen) atoms. The van der Waals surface area contributed by atoms with Crippen LogP contribution in [0.1, 0.15) is 165 Å². The van der Waals surface area contributed by atoms with Gasteiger partial charge in [0.25, 0.3) is 0 Å². The van der Waals surface area contributed by atoms with Crippen LogP contribution in [0.15, 0.2) is 36.4 Å². The van der Waals surface area contributed by atoms with Gasteiger partial charge in [-0.05, 0) is 102 Å². The quantitative estimate of drug-likeness (QED) is 0.0632. The second-order valence-corrected chi connectivity index (χ2v) is 17.7. The minimum atomic E-state index is -0.405. The maximum absolute atomic E-state index is 6.65. The molecule has 2 saturated heterocycles. The molecule has 0 radical (unpaired) electrons. The molecular formula is C43H65B2NO4. The van der Waals surface area contributed by atoms with Gasteiger partial charge in [0.1, 0.15) is 0 Å². The summed E-state index contributed by atoms with van der Waals surface area (Å²) in [7, 11) is -0.810. The first-order valence-corrected chi connectivity index (χ1v) is 20.2. The molecular weight excluding hydrogens is 616 g/mol. The lowest BCUT2D eigenvalue weighted by molar-refractivity contribution is 0.00578. The van der Waals surface area contributed by atoms with Crippen molar-refractivity contribution in [2.45, 2.75) is 188 Å². The van der Waals surface area contributed by atoms with Gasteiger partial charge >= 0.3 is 14.2 Å². The molecule has 0 aliphatic carbocycles. The first-order chi connectivity index (χ1) is 23.7. The highest BCUT2D eigenvalue weighted by Gasteiger charge is 2.53. The first kappa shape index (κ1) is 37.7. The zero-order valence-electron chi connectivity index (χ0n) is 33.2. The van der Waals surface area contributed by atoms with E-state index in [1.54, 1.807) is 0 Å². The summed E-state index contributed by atoms with van der Waals surface area (Å²) in [5, 5.41) is 5.22. The molecule has 0 amide bonds. The number of hydrogen-bond donors (Lipinski definition) is 0. The van der Waals surface area contributed by atoms with E-state index < -0.39 is 36.6 Å². The molecule has 7 heteroatoms. The Kier molecular flexibility index (Phi) is 11.1. The number of benzene rings is 3. The SMILES string of the molecule is CCCCCCCCC(CCCCCCCC)n1c2cc(B3OC(C)(C)C(C)(C)O3)cc3ccc4cc(B5OC(C)(C)C(C)(C)O5)cc1c4c32. The van der Waals surface area contributed by atoms with Gasteiger partial charge in [-0.3, -0.25) is 0 Å². The van der Waals surface area contributed by atoms with Crippen LogP contribution in [-0.4, -0.2) is 41.2 Å². The van der Waals surface area contributed by atoms with Crippen molar-refractivity contribution >= 4 is 57.7 Å². The molecule has 3 heterocycles. The summed E-state index contributed by atoms with van der Waals surface area (Å²) in [5.74, 6) is 0. The Labute approximate surface area is 304 Å². The Balaban J connectivity index is 1.47. The fraction of sp³-hybridized carbons (Fsp3) is 0.674. The van der Waals surface area contributed by atoms with Crippen molar-refractivity contribution in [1.29, 1.82) is 0 Å². The third-order valence-electron chi connectivity index (χ3n) is 12.8. The predicted octanol–water partition coefficient (Wildman–Crippen LogP) is 11.0. The molecule has 5 nitrogen and oxygen atoms in total. The second-order valence-electron chi connectivity index (χ2n) is 17.7. The van der Waals surface area contributed by atoms with Crippen LogP contribution in [0.4, 0.5) is 0 Å². The van der Waals surface area contributed by atoms with Gasteiger partial charge in [-0.1, -0.05) is 115 Å². The standard InChI is InChI=1S/C43H65B2NO4/c1-11-13-15-17-19-21-23-35(24-22-20-18-16-14-12-2)46-36-29-33(44-47-40(3,4)41(5,6)48-44)27-31-25-26-32-28-34(30-37(46)39(32)38(31)36)45-49-42(7,8)43(9,10)50-45/h25-30,35H,11-24H2,1-10H3. The number of aromatic nitrogens is 1. The van der Waals surface area contributed by atoms with Crippen molar-refractivity contribution in [2.24, 2.45) is 0 Å². The summed E-state index contributed by atoms with van der Waals surface area (Å²) < 4.78 is 29.3. The lowest BCUT2D eigenvalue weighted by Crippen LogP contribution is -2.41. The highest BCUT2D eigenvalue weighted by atomic mass is 16.7. The lowest BCUT2D eigenvalue weighted by atomic mass is 9.76. The van der Waals surface area contributed by atoms with Gasteiger partial charge in [0.15, 0.2) is 0 Å². The van der Waals surface area contributed by atoms with E-state index in [1.807, 2.05) is 0 Å². The average Bonchev–Trinajstić information content (AvgIpc) is 3.59. The van der Waals surface area contributed by atoms with Crippen molar-refractivity contribution in [3.63, 3.8) is 0 Å². The number of nitrogens with zero attached hydrogens (tertiary/aromatic N) is 1. The smallest absolute Gasteiger partial charge is 0.399 e. The van der Waals surface area contributed by atoms with E-state index in [9.17, 15) is 0 Å². The fourth-order valence-electron chi connectivity index (χ4n) is 8.19. The van der Waals surface area contributed by atoms with Gasteiger partial charge in [-0.25, -0.2) is 0 Å². The highest BCUT2D eigenvalue weighted by molar-refractivity contribution is 6.63. The summed E-state index contributed by atoms with van der Waals surface area (Å²) in [5.41, 5.74) is 3.25. The van der Waals surface area contributed by atoms with Gasteiger partial charge in [-0.15, -0.1) is 0 Å². The van der Waals surface area contributed by atoms with E-state index in [0.717, 1.165) is 10.9 Å². The predicted molar refractivity (Wildman–Crippen MR) is 215 cm³/mol. The molecule has 0 atom stereocenters. The largest absolute Gasteiger partial charge is 0.494 e. The monoisotopic (exact) mass is 682 g/mol. The normalized spacial score (nSPS) is 19.7. The summed E-state index contributed by atoms with van der Waals surface area (Å²) >= 11 is 0. The van der Waals surface area contributed by atoms with Crippen molar-refractivity contribution < 1.29 is 18.6 Å². The van der Waals surface area contributed by atoms with Crippen LogP contribution in [0, 0.1) is 0 Å². The van der Waals surface area contributed by atoms with Crippen LogP contribution in [0.25, 0.3) is 32.6 Å². The van der Waals surface area contributed by atoms with E-state index >= 15 is 0 Å². The lowest BCUT2D eigenvalue weighted by Gasteiger charge is -2.32. The second kappa shape index (κ2) is 14.8. The van der Waals surface area contributed by atoms with E-state index in [4.69, 9.17) is 18.6 Å². The van der Waals surface area contributed by atoms with Gasteiger partial charge in [0.2, 0.25) is 0 Å². The maximum atomic E-state index is 6.65. The van der Waals surface area contributed by atoms with Gasteiger partial charge in [0.05, 0.1) is 22.4 Å². The van der Waals surface area contributed by atoms with Crippen LogP contribution in [0.5, 0.6) is 0 Å². The molecule has 0 unspecified atom stereocenters. The molecule has 0 spiro atoms. The highest BCUT2D eigenvalue weighted by Crippen LogP contribution is 2.43. The van der Waals surface area contributed by atoms with Crippen LogP contribution in [0.2, 0.25) is 0 Å². The van der Waals surface area contributed by atoms with Crippen molar-refractivity contribution in [3.8, 4) is 0 Å². The Morgan fingerprint density at radius 2 is 0.840 bits per heavy atom. The Morgan fingerprint density at radius 3 is 1.20 bits per heavy atom. The molecule has 272 valence electrons.